The van der Waals surface area contributed by atoms with Crippen LogP contribution in [0.25, 0.3) is 22.3 Å². The molecule has 4 heterocycles. The maximum absolute atomic E-state index is 13.9. The van der Waals surface area contributed by atoms with Crippen molar-refractivity contribution < 1.29 is 57.3 Å². The number of halogens is 2. The maximum atomic E-state index is 13.9. The van der Waals surface area contributed by atoms with Crippen LogP contribution in [0.4, 0.5) is 19.2 Å². The number of aryl methyl sites for hydroxylation is 2. The molecule has 0 spiro atoms. The number of ether oxygens (including phenoxy) is 4. The Labute approximate surface area is 869 Å². The maximum Gasteiger partial charge on any atom is 0.410 e. The van der Waals surface area contributed by atoms with Gasteiger partial charge in [-0.15, -0.1) is 0 Å². The highest BCUT2D eigenvalue weighted by Gasteiger charge is 2.48. The summed E-state index contributed by atoms with van der Waals surface area (Å²) in [6.45, 7) is 51.2. The van der Waals surface area contributed by atoms with Crippen LogP contribution in [0.2, 0.25) is 10.0 Å². The zero-order valence-electron chi connectivity index (χ0n) is 92.1. The molecule has 4 aromatic rings. The van der Waals surface area contributed by atoms with Crippen LogP contribution in [0.5, 0.6) is 0 Å². The van der Waals surface area contributed by atoms with E-state index in [9.17, 15) is 38.4 Å². The van der Waals surface area contributed by atoms with Gasteiger partial charge in [-0.05, 0) is 431 Å². The summed E-state index contributed by atoms with van der Waals surface area (Å²) in [5, 5.41) is 1.58. The lowest BCUT2D eigenvalue weighted by Gasteiger charge is -2.42. The van der Waals surface area contributed by atoms with Gasteiger partial charge in [-0.2, -0.15) is 0 Å². The normalized spacial score (nSPS) is 24.1. The molecule has 4 atom stereocenters. The van der Waals surface area contributed by atoms with Crippen LogP contribution in [-0.2, 0) is 63.8 Å². The third kappa shape index (κ3) is 28.7. The molecule has 12 aliphatic rings. The molecule has 22 heteroatoms. The SMILES string of the molecule is CC(C)CC1C2=C(CCN1C(=O)C1CCC(CN(C)C(=O)OC(C)(C)C)CC1)c1cc(Cl)ccc1C2.CC(C)CC1C2=C(CCN1C(=O)C1CCC(CN(C)C(=O)OC(C)(C)C)CC1)c1ccc(Cl)cc1C2.Cc1ccc2c(c1)C1=C(C2)C(C(C)C)N(C(=O)C2CCC(CN(C)C(=O)OC(C)(C)C)CC2)CC1.Cc1ccc2c(c1)C1=C(C2)C(CC(C)C)N(C(=O)C2CCC(CN(C)C(=O)OC(C)(C)C)CC2)CC1. The van der Waals surface area contributed by atoms with Gasteiger partial charge < -0.3 is 58.1 Å². The van der Waals surface area contributed by atoms with Crippen LogP contribution in [0.15, 0.2) is 95.1 Å². The Morgan fingerprint density at radius 2 is 0.573 bits per heavy atom. The van der Waals surface area contributed by atoms with Gasteiger partial charge >= 0.3 is 24.4 Å². The minimum atomic E-state index is -0.487. The highest BCUT2D eigenvalue weighted by Crippen LogP contribution is 2.51. The summed E-state index contributed by atoms with van der Waals surface area (Å²) in [6.07, 6.45) is 24.7. The first-order valence-electron chi connectivity index (χ1n) is 54.9. The highest BCUT2D eigenvalue weighted by molar-refractivity contribution is 6.31. The average Bonchev–Trinajstić information content (AvgIpc) is 1.63. The van der Waals surface area contributed by atoms with Crippen molar-refractivity contribution in [3.63, 3.8) is 0 Å². The lowest BCUT2D eigenvalue weighted by Crippen LogP contribution is -2.50. The molecule has 0 N–H and O–H groups in total. The first-order valence-corrected chi connectivity index (χ1v) is 55.6. The molecule has 20 nitrogen and oxygen atoms in total. The first kappa shape index (κ1) is 112. The van der Waals surface area contributed by atoms with Crippen molar-refractivity contribution >= 4 is 93.5 Å². The number of hydrogen-bond acceptors (Lipinski definition) is 12. The van der Waals surface area contributed by atoms with Crippen molar-refractivity contribution in [1.29, 1.82) is 0 Å². The van der Waals surface area contributed by atoms with Crippen molar-refractivity contribution in [2.75, 3.05) is 80.5 Å². The Kier molecular flexibility index (Phi) is 36.9. The smallest absolute Gasteiger partial charge is 0.410 e. The van der Waals surface area contributed by atoms with Gasteiger partial charge in [0, 0.05) is 114 Å². The Morgan fingerprint density at radius 1 is 0.322 bits per heavy atom. The number of rotatable bonds is 19. The summed E-state index contributed by atoms with van der Waals surface area (Å²) in [4.78, 5) is 120. The number of hydrogen-bond donors (Lipinski definition) is 0. The largest absolute Gasteiger partial charge is 0.444 e. The lowest BCUT2D eigenvalue weighted by molar-refractivity contribution is -0.140. The van der Waals surface area contributed by atoms with E-state index in [2.05, 4.69) is 150 Å². The fourth-order valence-electron chi connectivity index (χ4n) is 25.3. The lowest BCUT2D eigenvalue weighted by atomic mass is 9.79. The Morgan fingerprint density at radius 3 is 0.874 bits per heavy atom. The van der Waals surface area contributed by atoms with Crippen molar-refractivity contribution in [1.82, 2.24) is 39.2 Å². The molecule has 16 rings (SSSR count). The van der Waals surface area contributed by atoms with Crippen LogP contribution in [0.1, 0.15) is 342 Å². The van der Waals surface area contributed by atoms with Crippen molar-refractivity contribution in [2.45, 2.75) is 372 Å². The van der Waals surface area contributed by atoms with E-state index >= 15 is 0 Å². The predicted octanol–water partition coefficient (Wildman–Crippen LogP) is 26.8. The zero-order chi connectivity index (χ0) is 104. The second-order valence-electron chi connectivity index (χ2n) is 50.2. The Balaban J connectivity index is 0.000000160. The van der Waals surface area contributed by atoms with Gasteiger partial charge in [0.25, 0.3) is 0 Å². The summed E-state index contributed by atoms with van der Waals surface area (Å²) in [7, 11) is 7.27. The van der Waals surface area contributed by atoms with Gasteiger partial charge in [0.05, 0.1) is 24.2 Å². The number of fused-ring (bicyclic) bond motifs is 8. The highest BCUT2D eigenvalue weighted by atomic mass is 35.5. The van der Waals surface area contributed by atoms with Crippen molar-refractivity contribution in [2.24, 2.45) is 71.0 Å². The van der Waals surface area contributed by atoms with Crippen molar-refractivity contribution in [3.05, 3.63) is 161 Å². The van der Waals surface area contributed by atoms with Gasteiger partial charge in [-0.25, -0.2) is 19.2 Å². The molecular formula is C121H176Cl2N8O12. The summed E-state index contributed by atoms with van der Waals surface area (Å²) in [5.74, 6) is 5.44. The average molecular weight is 2010 g/mol. The van der Waals surface area contributed by atoms with Crippen LogP contribution in [-0.4, -0.2) is 214 Å². The van der Waals surface area contributed by atoms with E-state index in [1.165, 1.54) is 100 Å². The molecular weight excluding hydrogens is 1830 g/mol. The zero-order valence-corrected chi connectivity index (χ0v) is 93.7. The molecule has 0 saturated heterocycles. The molecule has 8 aliphatic carbocycles. The number of benzene rings is 4. The molecule has 8 amide bonds. The van der Waals surface area contributed by atoms with Gasteiger partial charge in [0.2, 0.25) is 23.6 Å². The monoisotopic (exact) mass is 2000 g/mol. The molecule has 4 fully saturated rings. The van der Waals surface area contributed by atoms with E-state index in [1.807, 2.05) is 123 Å². The molecule has 4 aliphatic heterocycles. The molecule has 786 valence electrons. The van der Waals surface area contributed by atoms with Crippen molar-refractivity contribution in [3.8, 4) is 0 Å². The minimum absolute atomic E-state index is 0.0862. The molecule has 4 aromatic carbocycles. The van der Waals surface area contributed by atoms with E-state index in [4.69, 9.17) is 42.1 Å². The minimum Gasteiger partial charge on any atom is -0.444 e. The first-order chi connectivity index (χ1) is 67.2. The topological polar surface area (TPSA) is 199 Å². The van der Waals surface area contributed by atoms with Crippen LogP contribution >= 0.6 is 23.2 Å². The van der Waals surface area contributed by atoms with Crippen LogP contribution in [0.3, 0.4) is 0 Å². The third-order valence-corrected chi connectivity index (χ3v) is 32.5. The molecule has 0 bridgehead atoms. The van der Waals surface area contributed by atoms with Gasteiger partial charge in [0.1, 0.15) is 22.4 Å². The second kappa shape index (κ2) is 47.3. The summed E-state index contributed by atoms with van der Waals surface area (Å²) >= 11 is 12.6. The molecule has 0 aromatic heterocycles. The fourth-order valence-corrected chi connectivity index (χ4v) is 25.7. The molecule has 4 saturated carbocycles. The predicted molar refractivity (Wildman–Crippen MR) is 579 cm³/mol. The van der Waals surface area contributed by atoms with E-state index < -0.39 is 22.4 Å². The van der Waals surface area contributed by atoms with E-state index in [1.54, 1.807) is 19.6 Å². The molecule has 4 unspecified atom stereocenters. The number of carbonyl (C=O) groups is 8. The van der Waals surface area contributed by atoms with Crippen LogP contribution in [0, 0.1) is 84.9 Å². The summed E-state index contributed by atoms with van der Waals surface area (Å²) in [5.41, 5.74) is 23.4. The molecule has 143 heavy (non-hydrogen) atoms. The molecule has 0 radical (unpaired) electrons. The Hall–Kier alpha value is -8.62. The van der Waals surface area contributed by atoms with E-state index in [0.29, 0.717) is 97.2 Å². The number of nitrogens with zero attached hydrogens (tertiary/aromatic N) is 8. The van der Waals surface area contributed by atoms with E-state index in [-0.39, 0.29) is 72.2 Å². The third-order valence-electron chi connectivity index (χ3n) is 32.1. The number of carbonyl (C=O) groups excluding carboxylic acids is 8. The quantitative estimate of drug-likeness (QED) is 0.0806. The standard InChI is InChI=1S/C31H46N2O3.2C30H43ClN2O3.C30H44N2O3/c1-20(2)16-28-27-18-24-11-8-21(3)17-26(24)25(27)14-15-33(28)29(34)23-12-9-22(10-13-23)19-32(7)30(35)36-31(4,5)6;1-19(2)15-27-26-17-22-16-23(31)11-12-24(22)25(26)13-14-33(27)28(34)21-9-7-20(8-10-21)18-32(6)29(35)36-30(3,4)5;1-19(2)15-27-26-16-22-11-12-23(31)17-25(22)24(26)13-14-33(27)28(34)21-9-7-20(8-10-21)18-32(6)29(35)36-30(3,4)5;1-19(2)27-26-17-23-11-8-20(3)16-25(23)24(26)14-15-32(27)28(33)22-12-9-21(10-13-22)18-31(7)29(34)35-30(4,5)6/h8,11,17,20,22-23,28H,9-10,12-16,18-19H2,1-7H3;11-12,16,19-21,27H,7-10,13-15,17-18H2,1-6H3;11-12,17,19-21,27H,7-10,13-16,18H2,1-6H3;8,11,16,19,21-22,27H,9-10,12-15,17-18H2,1-7H3. The fraction of sp³-hybridized carbons (Fsp3) is 0.669. The van der Waals surface area contributed by atoms with Gasteiger partial charge in [-0.3, -0.25) is 19.2 Å². The Bertz CT molecular complexity index is 5180. The van der Waals surface area contributed by atoms with E-state index in [0.717, 1.165) is 210 Å². The summed E-state index contributed by atoms with van der Waals surface area (Å²) < 4.78 is 22.0. The van der Waals surface area contributed by atoms with Gasteiger partial charge in [-0.1, -0.05) is 138 Å². The summed E-state index contributed by atoms with van der Waals surface area (Å²) in [6, 6.07) is 27.0. The van der Waals surface area contributed by atoms with Gasteiger partial charge in [0.15, 0.2) is 0 Å². The number of amides is 8. The second-order valence-corrected chi connectivity index (χ2v) is 51.1. The van der Waals surface area contributed by atoms with Crippen LogP contribution < -0.4 is 0 Å².